The second-order valence-electron chi connectivity index (χ2n) is 15.7. The van der Waals surface area contributed by atoms with Gasteiger partial charge in [0, 0.05) is 6.54 Å². The number of carbonyl (C=O) groups is 4. The largest absolute Gasteiger partial charge is 0.370 e. The summed E-state index contributed by atoms with van der Waals surface area (Å²) < 4.78 is 0. The number of hydrogen-bond donors (Lipinski definition) is 7. The van der Waals surface area contributed by atoms with Gasteiger partial charge in [-0.3, -0.25) is 19.2 Å². The fraction of sp³-hybridized carbons (Fsp3) is 0.725. The second kappa shape index (κ2) is 22.0. The number of benzene rings is 1. The Bertz CT molecular complexity index is 1330. The van der Waals surface area contributed by atoms with Gasteiger partial charge in [-0.05, 0) is 82.4 Å². The Hall–Kier alpha value is -3.55. The number of unbranched alkanes of at least 4 members (excludes halogenated alkanes) is 1. The average molecular weight is 738 g/mol. The van der Waals surface area contributed by atoms with Gasteiger partial charge in [0.1, 0.15) is 12.1 Å². The summed E-state index contributed by atoms with van der Waals surface area (Å²) in [6, 6.07) is 5.03. The number of likely N-dealkylation sites (N-methyl/N-ethyl adjacent to an activating group) is 1. The molecule has 0 spiro atoms. The molecule has 13 nitrogen and oxygen atoms in total. The standard InChI is InChI=1S/C40H67N9O4/c1-45-33(26-29-18-9-4-10-19-29)38(52)46-31(20-11-12-22-41)39(53)49-23-13-21-34(49)36(50)35(48-40(43)44)32(25-28-16-7-3-8-17-28)47-37(51)30(42)24-27-14-5-2-6-15-27/h4,9-10,18-19,27-28,30-35,45H,2-3,5-8,11-17,20-26,41-42H2,1H3,(H,46,52)(H,47,51)(H4,43,44,48)/t30-,31+,32+,33+,34+,35?/m1/s1. The number of ketones is 1. The molecule has 296 valence electrons. The van der Waals surface area contributed by atoms with Crippen molar-refractivity contribution in [3.63, 3.8) is 0 Å². The lowest BCUT2D eigenvalue weighted by Gasteiger charge is -2.35. The fourth-order valence-electron chi connectivity index (χ4n) is 8.66. The van der Waals surface area contributed by atoms with Gasteiger partial charge in [0.25, 0.3) is 0 Å². The van der Waals surface area contributed by atoms with Gasteiger partial charge < -0.3 is 43.8 Å². The highest BCUT2D eigenvalue weighted by molar-refractivity contribution is 5.98. The number of nitrogens with two attached hydrogens (primary N) is 4. The summed E-state index contributed by atoms with van der Waals surface area (Å²) in [5.41, 5.74) is 25.2. The van der Waals surface area contributed by atoms with Crippen LogP contribution in [0.5, 0.6) is 0 Å². The van der Waals surface area contributed by atoms with Gasteiger partial charge >= 0.3 is 0 Å². The molecule has 1 heterocycles. The third-order valence-corrected chi connectivity index (χ3v) is 11.6. The molecule has 0 radical (unpaired) electrons. The van der Waals surface area contributed by atoms with Crippen LogP contribution in [0.4, 0.5) is 0 Å². The molecule has 11 N–H and O–H groups in total. The maximum atomic E-state index is 14.7. The molecule has 3 amide bonds. The molecule has 2 saturated carbocycles. The van der Waals surface area contributed by atoms with Crippen molar-refractivity contribution in [2.75, 3.05) is 20.1 Å². The maximum absolute atomic E-state index is 14.7. The van der Waals surface area contributed by atoms with Crippen LogP contribution in [-0.2, 0) is 25.6 Å². The zero-order chi connectivity index (χ0) is 38.2. The molecule has 3 aliphatic rings. The third-order valence-electron chi connectivity index (χ3n) is 11.6. The molecule has 2 aliphatic carbocycles. The van der Waals surface area contributed by atoms with Crippen molar-refractivity contribution >= 4 is 29.5 Å². The Morgan fingerprint density at radius 3 is 2.06 bits per heavy atom. The summed E-state index contributed by atoms with van der Waals surface area (Å²) in [6.45, 7) is 0.823. The van der Waals surface area contributed by atoms with Crippen molar-refractivity contribution in [2.24, 2.45) is 39.8 Å². The summed E-state index contributed by atoms with van der Waals surface area (Å²) in [7, 11) is 1.72. The first-order valence-electron chi connectivity index (χ1n) is 20.3. The minimum Gasteiger partial charge on any atom is -0.370 e. The SMILES string of the molecule is CN[C@@H](Cc1ccccc1)C(=O)N[C@@H](CCCCN)C(=O)N1CCC[C@H]1C(=O)C(N=C(N)N)[C@H](CC1CCCCC1)NC(=O)[C@H](N)CC1CCCCC1. The first-order chi connectivity index (χ1) is 25.6. The summed E-state index contributed by atoms with van der Waals surface area (Å²) in [5, 5.41) is 9.25. The quantitative estimate of drug-likeness (QED) is 0.0592. The van der Waals surface area contributed by atoms with E-state index in [0.29, 0.717) is 76.3 Å². The van der Waals surface area contributed by atoms with E-state index in [4.69, 9.17) is 22.9 Å². The van der Waals surface area contributed by atoms with Crippen molar-refractivity contribution < 1.29 is 19.2 Å². The van der Waals surface area contributed by atoms with Crippen molar-refractivity contribution in [1.82, 2.24) is 20.9 Å². The van der Waals surface area contributed by atoms with Crippen molar-refractivity contribution in [1.29, 1.82) is 0 Å². The Morgan fingerprint density at radius 2 is 1.45 bits per heavy atom. The van der Waals surface area contributed by atoms with E-state index < -0.39 is 36.3 Å². The fourth-order valence-corrected chi connectivity index (χ4v) is 8.66. The normalized spacial score (nSPS) is 21.2. The number of guanidine groups is 1. The van der Waals surface area contributed by atoms with Crippen molar-refractivity contribution in [2.45, 2.75) is 152 Å². The Morgan fingerprint density at radius 1 is 0.811 bits per heavy atom. The minimum atomic E-state index is -1.09. The number of rotatable bonds is 20. The molecule has 1 aliphatic heterocycles. The van der Waals surface area contributed by atoms with E-state index >= 15 is 0 Å². The van der Waals surface area contributed by atoms with Gasteiger partial charge in [-0.15, -0.1) is 0 Å². The number of hydrogen-bond acceptors (Lipinski definition) is 8. The Kier molecular flexibility index (Phi) is 17.5. The van der Waals surface area contributed by atoms with Crippen LogP contribution < -0.4 is 38.9 Å². The smallest absolute Gasteiger partial charge is 0.245 e. The van der Waals surface area contributed by atoms with E-state index in [2.05, 4.69) is 20.9 Å². The number of nitrogens with zero attached hydrogens (tertiary/aromatic N) is 2. The monoisotopic (exact) mass is 738 g/mol. The summed E-state index contributed by atoms with van der Waals surface area (Å²) >= 11 is 0. The molecule has 1 unspecified atom stereocenters. The predicted octanol–water partition coefficient (Wildman–Crippen LogP) is 2.39. The zero-order valence-corrected chi connectivity index (χ0v) is 32.0. The first-order valence-corrected chi connectivity index (χ1v) is 20.3. The summed E-state index contributed by atoms with van der Waals surface area (Å²) in [6.07, 6.45) is 15.4. The lowest BCUT2D eigenvalue weighted by molar-refractivity contribution is -0.141. The van der Waals surface area contributed by atoms with E-state index in [1.807, 2.05) is 30.3 Å². The van der Waals surface area contributed by atoms with Crippen LogP contribution in [0, 0.1) is 11.8 Å². The number of aliphatic imine (C=N–C) groups is 1. The van der Waals surface area contributed by atoms with Crippen LogP contribution in [0.25, 0.3) is 0 Å². The van der Waals surface area contributed by atoms with Crippen LogP contribution in [0.2, 0.25) is 0 Å². The maximum Gasteiger partial charge on any atom is 0.245 e. The number of amides is 3. The minimum absolute atomic E-state index is 0.253. The second-order valence-corrected chi connectivity index (χ2v) is 15.7. The molecular formula is C40H67N9O4. The lowest BCUT2D eigenvalue weighted by Crippen LogP contribution is -2.58. The van der Waals surface area contributed by atoms with Gasteiger partial charge in [-0.2, -0.15) is 0 Å². The van der Waals surface area contributed by atoms with E-state index in [0.717, 1.165) is 56.9 Å². The summed E-state index contributed by atoms with van der Waals surface area (Å²) in [5.74, 6) is -0.750. The molecule has 4 rings (SSSR count). The number of likely N-dealkylation sites (tertiary alicyclic amines) is 1. The molecule has 6 atom stereocenters. The van der Waals surface area contributed by atoms with E-state index in [9.17, 15) is 19.2 Å². The van der Waals surface area contributed by atoms with Gasteiger partial charge in [0.2, 0.25) is 17.7 Å². The van der Waals surface area contributed by atoms with Gasteiger partial charge in [0.05, 0.1) is 24.2 Å². The highest BCUT2D eigenvalue weighted by Gasteiger charge is 2.43. The van der Waals surface area contributed by atoms with Crippen LogP contribution in [-0.4, -0.2) is 90.8 Å². The number of Topliss-reactive ketones (excluding diaryl/α,β-unsaturated/α-hetero) is 1. The molecule has 1 aromatic carbocycles. The predicted molar refractivity (Wildman–Crippen MR) is 209 cm³/mol. The van der Waals surface area contributed by atoms with Crippen LogP contribution in [0.1, 0.15) is 115 Å². The number of carbonyl (C=O) groups excluding carboxylic acids is 4. The molecule has 3 fully saturated rings. The Labute approximate surface area is 316 Å². The zero-order valence-electron chi connectivity index (χ0n) is 32.0. The van der Waals surface area contributed by atoms with E-state index in [1.54, 1.807) is 11.9 Å². The molecular weight excluding hydrogens is 670 g/mol. The molecule has 0 bridgehead atoms. The van der Waals surface area contributed by atoms with Crippen LogP contribution >= 0.6 is 0 Å². The van der Waals surface area contributed by atoms with Crippen LogP contribution in [0.3, 0.4) is 0 Å². The highest BCUT2D eigenvalue weighted by atomic mass is 16.2. The lowest BCUT2D eigenvalue weighted by atomic mass is 9.81. The summed E-state index contributed by atoms with van der Waals surface area (Å²) in [4.78, 5) is 62.5. The molecule has 1 saturated heterocycles. The van der Waals surface area contributed by atoms with Gasteiger partial charge in [-0.25, -0.2) is 4.99 Å². The third kappa shape index (κ3) is 13.1. The van der Waals surface area contributed by atoms with E-state index in [1.165, 1.54) is 12.8 Å². The molecule has 13 heteroatoms. The molecule has 53 heavy (non-hydrogen) atoms. The van der Waals surface area contributed by atoms with Crippen molar-refractivity contribution in [3.8, 4) is 0 Å². The van der Waals surface area contributed by atoms with E-state index in [-0.39, 0.29) is 29.5 Å². The van der Waals surface area contributed by atoms with Crippen LogP contribution in [0.15, 0.2) is 35.3 Å². The van der Waals surface area contributed by atoms with Gasteiger partial charge in [-0.1, -0.05) is 94.5 Å². The first kappa shape index (κ1) is 42.2. The average Bonchev–Trinajstić information content (AvgIpc) is 3.66. The topological polar surface area (TPSA) is 224 Å². The van der Waals surface area contributed by atoms with Crippen molar-refractivity contribution in [3.05, 3.63) is 35.9 Å². The molecule has 1 aromatic rings. The Balaban J connectivity index is 1.55. The molecule has 0 aromatic heterocycles. The van der Waals surface area contributed by atoms with Gasteiger partial charge in [0.15, 0.2) is 11.7 Å². The highest BCUT2D eigenvalue weighted by Crippen LogP contribution is 2.31. The number of nitrogens with one attached hydrogen (secondary N) is 3.